The topological polar surface area (TPSA) is 12.9 Å². The van der Waals surface area contributed by atoms with E-state index in [1.165, 1.54) is 23.7 Å². The zero-order valence-corrected chi connectivity index (χ0v) is 14.1. The highest BCUT2D eigenvalue weighted by Crippen LogP contribution is 2.26. The fourth-order valence-electron chi connectivity index (χ4n) is 3.18. The third kappa shape index (κ3) is 2.71. The predicted molar refractivity (Wildman–Crippen MR) is 91.2 cm³/mol. The molecule has 0 N–H and O–H groups in total. The Bertz CT molecular complexity index is 565. The van der Waals surface area contributed by atoms with Crippen LogP contribution < -0.4 is 5.19 Å². The van der Waals surface area contributed by atoms with Crippen LogP contribution >= 0.6 is 0 Å². The summed E-state index contributed by atoms with van der Waals surface area (Å²) in [5.74, 6) is 0. The second-order valence-electron chi connectivity index (χ2n) is 5.55. The summed E-state index contributed by atoms with van der Waals surface area (Å²) in [5, 5.41) is 1.59. The summed E-state index contributed by atoms with van der Waals surface area (Å²) < 4.78 is 0. The number of rotatable bonds is 5. The van der Waals surface area contributed by atoms with Crippen LogP contribution in [0.1, 0.15) is 26.5 Å². The van der Waals surface area contributed by atoms with Gasteiger partial charge in [-0.05, 0) is 24.6 Å². The number of aryl methyl sites for hydroxylation is 1. The lowest BCUT2D eigenvalue weighted by atomic mass is 10.1. The van der Waals surface area contributed by atoms with Crippen molar-refractivity contribution in [3.63, 3.8) is 0 Å². The van der Waals surface area contributed by atoms with E-state index in [0.717, 1.165) is 11.4 Å². The highest BCUT2D eigenvalue weighted by atomic mass is 28.3. The van der Waals surface area contributed by atoms with Crippen molar-refractivity contribution < 1.29 is 0 Å². The molecule has 1 heterocycles. The number of hydrogen-bond donors (Lipinski definition) is 0. The van der Waals surface area contributed by atoms with E-state index in [0.29, 0.717) is 0 Å². The van der Waals surface area contributed by atoms with Crippen LogP contribution in [-0.4, -0.2) is 13.1 Å². The van der Waals surface area contributed by atoms with Crippen LogP contribution in [-0.2, 0) is 0 Å². The van der Waals surface area contributed by atoms with Gasteiger partial charge in [-0.1, -0.05) is 74.4 Å². The Morgan fingerprint density at radius 3 is 2.10 bits per heavy atom. The summed E-state index contributed by atoms with van der Waals surface area (Å²) >= 11 is 0. The maximum absolute atomic E-state index is 4.74. The van der Waals surface area contributed by atoms with Gasteiger partial charge in [-0.3, -0.25) is 4.98 Å². The first kappa shape index (κ1) is 15.0. The molecule has 0 aliphatic heterocycles. The van der Waals surface area contributed by atoms with Crippen LogP contribution in [0.15, 0.2) is 42.5 Å². The standard InChI is InChI=1S/C18H25NSi/c1-5-20(6-2,7-3)18-14-9-8-12-16(18)17-13-10-11-15(4)19-17/h8-14H,5-7H2,1-4H3. The Morgan fingerprint density at radius 2 is 1.50 bits per heavy atom. The lowest BCUT2D eigenvalue weighted by Crippen LogP contribution is -2.46. The molecule has 20 heavy (non-hydrogen) atoms. The van der Waals surface area contributed by atoms with Crippen molar-refractivity contribution in [1.82, 2.24) is 4.98 Å². The Kier molecular flexibility index (Phi) is 4.76. The summed E-state index contributed by atoms with van der Waals surface area (Å²) in [4.78, 5) is 4.74. The first-order valence-corrected chi connectivity index (χ1v) is 10.3. The van der Waals surface area contributed by atoms with Crippen LogP contribution in [0, 0.1) is 6.92 Å². The van der Waals surface area contributed by atoms with Gasteiger partial charge in [0.05, 0.1) is 13.8 Å². The van der Waals surface area contributed by atoms with Crippen molar-refractivity contribution in [2.24, 2.45) is 0 Å². The molecule has 0 radical (unpaired) electrons. The van der Waals surface area contributed by atoms with Gasteiger partial charge < -0.3 is 0 Å². The monoisotopic (exact) mass is 283 g/mol. The first-order chi connectivity index (χ1) is 9.66. The minimum Gasteiger partial charge on any atom is -0.253 e. The van der Waals surface area contributed by atoms with Gasteiger partial charge in [0.25, 0.3) is 0 Å². The van der Waals surface area contributed by atoms with E-state index in [9.17, 15) is 0 Å². The molecule has 2 aromatic rings. The minimum absolute atomic E-state index is 1.09. The van der Waals surface area contributed by atoms with Crippen LogP contribution in [0.3, 0.4) is 0 Å². The van der Waals surface area contributed by atoms with Crippen molar-refractivity contribution in [3.05, 3.63) is 48.2 Å². The van der Waals surface area contributed by atoms with Gasteiger partial charge in [0.15, 0.2) is 0 Å². The molecule has 0 atom stereocenters. The molecule has 1 aromatic heterocycles. The Balaban J connectivity index is 2.61. The number of pyridine rings is 1. The fourth-order valence-corrected chi connectivity index (χ4v) is 7.06. The molecule has 0 amide bonds. The number of benzene rings is 1. The zero-order valence-electron chi connectivity index (χ0n) is 13.1. The van der Waals surface area contributed by atoms with Crippen molar-refractivity contribution in [1.29, 1.82) is 0 Å². The summed E-state index contributed by atoms with van der Waals surface area (Å²) in [6, 6.07) is 19.2. The van der Waals surface area contributed by atoms with Crippen LogP contribution in [0.5, 0.6) is 0 Å². The first-order valence-electron chi connectivity index (χ1n) is 7.70. The molecule has 0 saturated carbocycles. The third-order valence-corrected chi connectivity index (χ3v) is 10.3. The van der Waals surface area contributed by atoms with E-state index >= 15 is 0 Å². The Labute approximate surface area is 124 Å². The summed E-state index contributed by atoms with van der Waals surface area (Å²) in [6.45, 7) is 9.15. The number of hydrogen-bond acceptors (Lipinski definition) is 1. The van der Waals surface area contributed by atoms with Gasteiger partial charge >= 0.3 is 0 Å². The number of nitrogens with zero attached hydrogens (tertiary/aromatic N) is 1. The van der Waals surface area contributed by atoms with Crippen molar-refractivity contribution >= 4 is 13.3 Å². The van der Waals surface area contributed by atoms with Crippen LogP contribution in [0.4, 0.5) is 0 Å². The second kappa shape index (κ2) is 6.36. The highest BCUT2D eigenvalue weighted by Gasteiger charge is 2.31. The summed E-state index contributed by atoms with van der Waals surface area (Å²) in [7, 11) is -1.38. The molecule has 0 fully saturated rings. The Hall–Kier alpha value is -1.41. The molecule has 0 bridgehead atoms. The van der Waals surface area contributed by atoms with E-state index in [1.54, 1.807) is 5.19 Å². The van der Waals surface area contributed by atoms with Gasteiger partial charge in [-0.25, -0.2) is 0 Å². The molecular weight excluding hydrogens is 258 g/mol. The molecule has 0 saturated heterocycles. The maximum Gasteiger partial charge on any atom is 0.0868 e. The number of aromatic nitrogens is 1. The van der Waals surface area contributed by atoms with E-state index in [4.69, 9.17) is 4.98 Å². The maximum atomic E-state index is 4.74. The molecule has 2 rings (SSSR count). The third-order valence-electron chi connectivity index (χ3n) is 4.69. The van der Waals surface area contributed by atoms with Gasteiger partial charge in [0.2, 0.25) is 0 Å². The van der Waals surface area contributed by atoms with Crippen molar-refractivity contribution in [2.45, 2.75) is 45.8 Å². The average molecular weight is 283 g/mol. The largest absolute Gasteiger partial charge is 0.253 e. The molecular formula is C18H25NSi. The molecule has 1 nitrogen and oxygen atoms in total. The lowest BCUT2D eigenvalue weighted by Gasteiger charge is -2.30. The Morgan fingerprint density at radius 1 is 0.850 bits per heavy atom. The molecule has 0 spiro atoms. The predicted octanol–water partition coefficient (Wildman–Crippen LogP) is 4.77. The van der Waals surface area contributed by atoms with Gasteiger partial charge in [-0.2, -0.15) is 0 Å². The molecule has 0 aliphatic carbocycles. The van der Waals surface area contributed by atoms with Gasteiger partial charge in [0.1, 0.15) is 0 Å². The average Bonchev–Trinajstić information content (AvgIpc) is 2.50. The van der Waals surface area contributed by atoms with Crippen LogP contribution in [0.25, 0.3) is 11.3 Å². The van der Waals surface area contributed by atoms with E-state index in [-0.39, 0.29) is 0 Å². The fraction of sp³-hybridized carbons (Fsp3) is 0.389. The molecule has 0 unspecified atom stereocenters. The molecule has 106 valence electrons. The molecule has 2 heteroatoms. The lowest BCUT2D eigenvalue weighted by molar-refractivity contribution is 1.18. The van der Waals surface area contributed by atoms with Crippen molar-refractivity contribution in [3.8, 4) is 11.3 Å². The SMILES string of the molecule is CC[Si](CC)(CC)c1ccccc1-c1cccc(C)n1. The zero-order chi connectivity index (χ0) is 14.6. The summed E-state index contributed by atoms with van der Waals surface area (Å²) in [5.41, 5.74) is 3.58. The van der Waals surface area contributed by atoms with Crippen LogP contribution in [0.2, 0.25) is 18.1 Å². The molecule has 1 aromatic carbocycles. The van der Waals surface area contributed by atoms with E-state index in [1.807, 2.05) is 0 Å². The van der Waals surface area contributed by atoms with Gasteiger partial charge in [-0.15, -0.1) is 0 Å². The normalized spacial score (nSPS) is 11.6. The second-order valence-corrected chi connectivity index (χ2v) is 10.8. The van der Waals surface area contributed by atoms with E-state index < -0.39 is 8.07 Å². The van der Waals surface area contributed by atoms with Gasteiger partial charge in [0, 0.05) is 5.69 Å². The van der Waals surface area contributed by atoms with Crippen molar-refractivity contribution in [2.75, 3.05) is 0 Å². The molecule has 0 aliphatic rings. The quantitative estimate of drug-likeness (QED) is 0.720. The smallest absolute Gasteiger partial charge is 0.0868 e. The van der Waals surface area contributed by atoms with E-state index in [2.05, 4.69) is 70.2 Å². The summed E-state index contributed by atoms with van der Waals surface area (Å²) in [6.07, 6.45) is 0. The minimum atomic E-state index is -1.38. The highest BCUT2D eigenvalue weighted by molar-refractivity contribution is 6.92.